The Labute approximate surface area is 124 Å². The fraction of sp³-hybridized carbons (Fsp3) is 0.188. The minimum Gasteiger partial charge on any atom is -0.462 e. The summed E-state index contributed by atoms with van der Waals surface area (Å²) in [7, 11) is 0. The molecule has 0 atom stereocenters. The van der Waals surface area contributed by atoms with E-state index in [-0.39, 0.29) is 6.61 Å². The van der Waals surface area contributed by atoms with Crippen LogP contribution in [0.5, 0.6) is 0 Å². The third-order valence-corrected chi connectivity index (χ3v) is 2.43. The molecule has 111 valence electrons. The van der Waals surface area contributed by atoms with E-state index in [4.69, 9.17) is 9.47 Å². The van der Waals surface area contributed by atoms with Crippen LogP contribution in [0.4, 0.5) is 10.5 Å². The molecule has 0 aliphatic rings. The van der Waals surface area contributed by atoms with Gasteiger partial charge in [-0.15, -0.1) is 6.58 Å². The Kier molecular flexibility index (Phi) is 6.74. The molecule has 1 aromatic carbocycles. The molecule has 0 heterocycles. The average Bonchev–Trinajstić information content (AvgIpc) is 2.50. The van der Waals surface area contributed by atoms with Crippen LogP contribution in [0.25, 0.3) is 0 Å². The summed E-state index contributed by atoms with van der Waals surface area (Å²) in [5.41, 5.74) is 0.968. The summed E-state index contributed by atoms with van der Waals surface area (Å²) in [6.07, 6.45) is 2.39. The van der Waals surface area contributed by atoms with Gasteiger partial charge in [0.15, 0.2) is 0 Å². The Morgan fingerprint density at radius 2 is 1.86 bits per heavy atom. The largest absolute Gasteiger partial charge is 0.462 e. The molecular weight excluding hydrogens is 270 g/mol. The fourth-order valence-corrected chi connectivity index (χ4v) is 1.53. The van der Waals surface area contributed by atoms with Crippen LogP contribution >= 0.6 is 0 Å². The maximum atomic E-state index is 11.9. The van der Waals surface area contributed by atoms with Crippen molar-refractivity contribution in [1.82, 2.24) is 0 Å². The molecule has 0 aromatic heterocycles. The molecule has 5 heteroatoms. The first-order chi connectivity index (χ1) is 10.1. The molecule has 0 bridgehead atoms. The van der Waals surface area contributed by atoms with E-state index in [1.54, 1.807) is 31.2 Å². The van der Waals surface area contributed by atoms with Crippen molar-refractivity contribution in [2.75, 3.05) is 18.1 Å². The number of hydrogen-bond donors (Lipinski definition) is 0. The summed E-state index contributed by atoms with van der Waals surface area (Å²) in [6.45, 7) is 10.7. The van der Waals surface area contributed by atoms with Gasteiger partial charge in [-0.2, -0.15) is 0 Å². The number of benzene rings is 1. The van der Waals surface area contributed by atoms with E-state index in [2.05, 4.69) is 13.2 Å². The van der Waals surface area contributed by atoms with Crippen molar-refractivity contribution in [2.45, 2.75) is 6.92 Å². The number of carbonyl (C=O) groups is 2. The van der Waals surface area contributed by atoms with E-state index in [0.717, 1.165) is 0 Å². The zero-order chi connectivity index (χ0) is 15.7. The van der Waals surface area contributed by atoms with Gasteiger partial charge in [0, 0.05) is 5.69 Å². The number of anilines is 1. The molecule has 1 aromatic rings. The molecular formula is C16H18NO4. The van der Waals surface area contributed by atoms with Crippen molar-refractivity contribution in [3.63, 3.8) is 0 Å². The second kappa shape index (κ2) is 8.58. The predicted octanol–water partition coefficient (Wildman–Crippen LogP) is 3.34. The number of esters is 1. The molecule has 0 N–H and O–H groups in total. The van der Waals surface area contributed by atoms with E-state index in [1.807, 2.05) is 0 Å². The number of amides is 1. The zero-order valence-electron chi connectivity index (χ0n) is 12.0. The molecule has 0 aliphatic carbocycles. The Bertz CT molecular complexity index is 508. The van der Waals surface area contributed by atoms with Crippen LogP contribution in [0.15, 0.2) is 49.6 Å². The van der Waals surface area contributed by atoms with Gasteiger partial charge in [0.2, 0.25) is 0 Å². The van der Waals surface area contributed by atoms with Gasteiger partial charge in [-0.3, -0.25) is 4.90 Å². The number of hydrogen-bond acceptors (Lipinski definition) is 4. The predicted molar refractivity (Wildman–Crippen MR) is 80.9 cm³/mol. The highest BCUT2D eigenvalue weighted by atomic mass is 16.6. The van der Waals surface area contributed by atoms with Gasteiger partial charge in [-0.25, -0.2) is 9.59 Å². The lowest BCUT2D eigenvalue weighted by Crippen LogP contribution is -2.28. The second-order valence-electron chi connectivity index (χ2n) is 3.89. The molecule has 0 unspecified atom stereocenters. The molecule has 0 fully saturated rings. The highest BCUT2D eigenvalue weighted by molar-refractivity contribution is 5.92. The quantitative estimate of drug-likeness (QED) is 0.570. The molecule has 1 radical (unpaired) electrons. The van der Waals surface area contributed by atoms with Crippen LogP contribution in [0.1, 0.15) is 17.3 Å². The molecule has 0 aliphatic heterocycles. The maximum absolute atomic E-state index is 11.9. The number of nitrogens with zero attached hydrogens (tertiary/aromatic N) is 1. The van der Waals surface area contributed by atoms with Gasteiger partial charge >= 0.3 is 12.1 Å². The van der Waals surface area contributed by atoms with Crippen molar-refractivity contribution in [3.05, 3.63) is 61.7 Å². The number of rotatable bonds is 7. The Morgan fingerprint density at radius 3 is 2.38 bits per heavy atom. The van der Waals surface area contributed by atoms with Crippen molar-refractivity contribution in [1.29, 1.82) is 0 Å². The lowest BCUT2D eigenvalue weighted by atomic mass is 10.2. The maximum Gasteiger partial charge on any atom is 0.415 e. The molecule has 21 heavy (non-hydrogen) atoms. The van der Waals surface area contributed by atoms with Crippen molar-refractivity contribution >= 4 is 17.7 Å². The van der Waals surface area contributed by atoms with Gasteiger partial charge in [0.25, 0.3) is 0 Å². The minimum absolute atomic E-state index is 0.112. The lowest BCUT2D eigenvalue weighted by Gasteiger charge is -2.20. The van der Waals surface area contributed by atoms with E-state index in [1.165, 1.54) is 23.6 Å². The second-order valence-corrected chi connectivity index (χ2v) is 3.89. The number of carbonyl (C=O) groups excluding carboxylic acids is 2. The van der Waals surface area contributed by atoms with E-state index >= 15 is 0 Å². The van der Waals surface area contributed by atoms with Crippen LogP contribution in [0, 0.1) is 6.54 Å². The summed E-state index contributed by atoms with van der Waals surface area (Å²) < 4.78 is 9.87. The van der Waals surface area contributed by atoms with Crippen LogP contribution in [-0.4, -0.2) is 25.3 Å². The van der Waals surface area contributed by atoms with Crippen molar-refractivity contribution in [3.8, 4) is 0 Å². The lowest BCUT2D eigenvalue weighted by molar-refractivity contribution is 0.0526. The summed E-state index contributed by atoms with van der Waals surface area (Å²) >= 11 is 0. The van der Waals surface area contributed by atoms with Crippen molar-refractivity contribution < 1.29 is 19.1 Å². The average molecular weight is 288 g/mol. The van der Waals surface area contributed by atoms with E-state index < -0.39 is 12.1 Å². The molecule has 0 saturated heterocycles. The van der Waals surface area contributed by atoms with Gasteiger partial charge in [0.1, 0.15) is 6.61 Å². The third-order valence-electron chi connectivity index (χ3n) is 2.43. The molecule has 0 spiro atoms. The molecule has 5 nitrogen and oxygen atoms in total. The van der Waals surface area contributed by atoms with Gasteiger partial charge < -0.3 is 9.47 Å². The highest BCUT2D eigenvalue weighted by Gasteiger charge is 2.16. The Morgan fingerprint density at radius 1 is 1.19 bits per heavy atom. The van der Waals surface area contributed by atoms with Crippen LogP contribution in [-0.2, 0) is 9.47 Å². The minimum atomic E-state index is -0.557. The van der Waals surface area contributed by atoms with Crippen LogP contribution in [0.3, 0.4) is 0 Å². The van der Waals surface area contributed by atoms with E-state index in [9.17, 15) is 9.59 Å². The van der Waals surface area contributed by atoms with Gasteiger partial charge in [0.05, 0.1) is 18.7 Å². The van der Waals surface area contributed by atoms with Gasteiger partial charge in [-0.05, 0) is 31.2 Å². The Hall–Kier alpha value is -2.56. The standard InChI is InChI=1S/C16H18NO4/c1-4-11-17(16(19)21-12-5-2)14-9-7-13(8-10-14)15(18)20-6-3/h4-5,7-11H,1-2,6,12H2,3H3. The summed E-state index contributed by atoms with van der Waals surface area (Å²) in [5, 5.41) is 0. The first-order valence-corrected chi connectivity index (χ1v) is 6.44. The van der Waals surface area contributed by atoms with E-state index in [0.29, 0.717) is 17.9 Å². The fourth-order valence-electron chi connectivity index (χ4n) is 1.53. The monoisotopic (exact) mass is 288 g/mol. The molecule has 0 saturated carbocycles. The highest BCUT2D eigenvalue weighted by Crippen LogP contribution is 2.18. The summed E-state index contributed by atoms with van der Waals surface area (Å²) in [6, 6.07) is 6.42. The van der Waals surface area contributed by atoms with Crippen LogP contribution < -0.4 is 4.90 Å². The topological polar surface area (TPSA) is 55.8 Å². The smallest absolute Gasteiger partial charge is 0.415 e. The molecule has 1 rings (SSSR count). The first kappa shape index (κ1) is 16.5. The third kappa shape index (κ3) is 4.80. The van der Waals surface area contributed by atoms with Crippen molar-refractivity contribution in [2.24, 2.45) is 0 Å². The summed E-state index contributed by atoms with van der Waals surface area (Å²) in [4.78, 5) is 24.7. The normalized spacial score (nSPS) is 9.57. The zero-order valence-corrected chi connectivity index (χ0v) is 12.0. The van der Waals surface area contributed by atoms with Gasteiger partial charge in [-0.1, -0.05) is 18.7 Å². The Balaban J connectivity index is 2.88. The SMILES string of the molecule is C=C[CH]N(C(=O)OCC=C)c1ccc(C(=O)OCC)cc1. The molecule has 1 amide bonds. The summed E-state index contributed by atoms with van der Waals surface area (Å²) in [5.74, 6) is -0.405. The van der Waals surface area contributed by atoms with Crippen LogP contribution in [0.2, 0.25) is 0 Å². The first-order valence-electron chi connectivity index (χ1n) is 6.44. The number of ether oxygens (including phenoxy) is 2.